The molecule has 0 N–H and O–H groups in total. The van der Waals surface area contributed by atoms with Crippen molar-refractivity contribution in [1.82, 2.24) is 4.90 Å². The summed E-state index contributed by atoms with van der Waals surface area (Å²) < 4.78 is 5.93. The van der Waals surface area contributed by atoms with Crippen LogP contribution in [-0.4, -0.2) is 30.5 Å². The molecule has 126 valence electrons. The molecule has 0 saturated carbocycles. The largest absolute Gasteiger partial charge is 0.453 e. The van der Waals surface area contributed by atoms with Crippen LogP contribution in [0.4, 0.5) is 0 Å². The fourth-order valence-corrected chi connectivity index (χ4v) is 3.25. The van der Waals surface area contributed by atoms with Crippen LogP contribution < -0.4 is 0 Å². The number of carbonyl (C=O) groups excluding carboxylic acids is 1. The molecule has 2 aromatic rings. The highest BCUT2D eigenvalue weighted by Gasteiger charge is 2.22. The van der Waals surface area contributed by atoms with E-state index >= 15 is 0 Å². The van der Waals surface area contributed by atoms with Gasteiger partial charge in [0.1, 0.15) is 6.10 Å². The summed E-state index contributed by atoms with van der Waals surface area (Å²) in [6.45, 7) is 4.89. The van der Waals surface area contributed by atoms with Crippen LogP contribution in [0.25, 0.3) is 0 Å². The van der Waals surface area contributed by atoms with Gasteiger partial charge in [-0.25, -0.2) is 4.79 Å². The van der Waals surface area contributed by atoms with Gasteiger partial charge in [0.05, 0.1) is 5.56 Å². The first kappa shape index (κ1) is 16.7. The number of hydrogen-bond acceptors (Lipinski definition) is 3. The van der Waals surface area contributed by atoms with Gasteiger partial charge in [-0.05, 0) is 50.0 Å². The minimum atomic E-state index is -0.237. The van der Waals surface area contributed by atoms with E-state index in [9.17, 15) is 4.79 Å². The highest BCUT2D eigenvalue weighted by molar-refractivity contribution is 5.91. The van der Waals surface area contributed by atoms with E-state index in [-0.39, 0.29) is 12.1 Å². The molecular formula is C21H25NO2. The summed E-state index contributed by atoms with van der Waals surface area (Å²) in [4.78, 5) is 15.1. The number of likely N-dealkylation sites (tertiary alicyclic amines) is 1. The van der Waals surface area contributed by atoms with Crippen LogP contribution in [0.15, 0.2) is 54.6 Å². The van der Waals surface area contributed by atoms with Gasteiger partial charge in [-0.1, -0.05) is 55.0 Å². The molecule has 1 atom stereocenters. The van der Waals surface area contributed by atoms with Gasteiger partial charge in [0.25, 0.3) is 0 Å². The first-order valence-corrected chi connectivity index (χ1v) is 8.78. The maximum Gasteiger partial charge on any atom is 0.339 e. The average molecular weight is 323 g/mol. The number of rotatable bonds is 5. The topological polar surface area (TPSA) is 29.5 Å². The number of hydrogen-bond donors (Lipinski definition) is 0. The van der Waals surface area contributed by atoms with Crippen LogP contribution in [0.1, 0.15) is 46.9 Å². The lowest BCUT2D eigenvalue weighted by molar-refractivity contribution is 0.0177. The Kier molecular flexibility index (Phi) is 5.65. The molecule has 1 fully saturated rings. The zero-order valence-electron chi connectivity index (χ0n) is 14.3. The zero-order chi connectivity index (χ0) is 16.8. The van der Waals surface area contributed by atoms with E-state index in [0.717, 1.165) is 30.8 Å². The number of carbonyl (C=O) groups is 1. The highest BCUT2D eigenvalue weighted by Crippen LogP contribution is 2.23. The second-order valence-electron chi connectivity index (χ2n) is 6.48. The molecule has 1 aliphatic heterocycles. The average Bonchev–Trinajstić information content (AvgIpc) is 2.63. The summed E-state index contributed by atoms with van der Waals surface area (Å²) in [6, 6.07) is 17.7. The number of benzene rings is 2. The number of nitrogens with zero attached hydrogens (tertiary/aromatic N) is 1. The van der Waals surface area contributed by atoms with Crippen molar-refractivity contribution >= 4 is 5.97 Å². The summed E-state index contributed by atoms with van der Waals surface area (Å²) in [5.74, 6) is -0.237. The van der Waals surface area contributed by atoms with Crippen LogP contribution in [0.5, 0.6) is 0 Å². The van der Waals surface area contributed by atoms with Gasteiger partial charge in [-0.3, -0.25) is 4.90 Å². The fraction of sp³-hybridized carbons (Fsp3) is 0.381. The molecule has 3 nitrogen and oxygen atoms in total. The molecule has 0 spiro atoms. The Morgan fingerprint density at radius 1 is 1.00 bits per heavy atom. The van der Waals surface area contributed by atoms with Crippen molar-refractivity contribution in [2.24, 2.45) is 0 Å². The minimum Gasteiger partial charge on any atom is -0.453 e. The van der Waals surface area contributed by atoms with E-state index in [1.165, 1.54) is 19.3 Å². The Labute approximate surface area is 144 Å². The molecule has 3 heteroatoms. The Balaban J connectivity index is 1.76. The van der Waals surface area contributed by atoms with E-state index in [0.29, 0.717) is 5.56 Å². The summed E-state index contributed by atoms with van der Waals surface area (Å²) in [5.41, 5.74) is 2.66. The van der Waals surface area contributed by atoms with Gasteiger partial charge in [0.15, 0.2) is 0 Å². The lowest BCUT2D eigenvalue weighted by Gasteiger charge is -2.30. The molecule has 1 aliphatic rings. The Morgan fingerprint density at radius 3 is 2.38 bits per heavy atom. The summed E-state index contributed by atoms with van der Waals surface area (Å²) in [5, 5.41) is 0. The molecule has 1 saturated heterocycles. The smallest absolute Gasteiger partial charge is 0.339 e. The van der Waals surface area contributed by atoms with Crippen LogP contribution in [0.3, 0.4) is 0 Å². The lowest BCUT2D eigenvalue weighted by Crippen LogP contribution is -2.35. The van der Waals surface area contributed by atoms with Gasteiger partial charge in [0.2, 0.25) is 0 Å². The fourth-order valence-electron chi connectivity index (χ4n) is 3.25. The van der Waals surface area contributed by atoms with Gasteiger partial charge < -0.3 is 4.74 Å². The lowest BCUT2D eigenvalue weighted by atomic mass is 10.1. The Bertz CT molecular complexity index is 663. The quantitative estimate of drug-likeness (QED) is 0.765. The molecule has 0 amide bonds. The Hall–Kier alpha value is -2.13. The second kappa shape index (κ2) is 8.11. The Morgan fingerprint density at radius 2 is 1.67 bits per heavy atom. The molecule has 0 aliphatic carbocycles. The standard InChI is InChI=1S/C21H25NO2/c1-17-10-6-7-13-19(17)21(23)24-20(18-11-4-2-5-12-18)16-22-14-8-3-9-15-22/h2,4-7,10-13,20H,3,8-9,14-16H2,1H3. The molecule has 1 unspecified atom stereocenters. The molecule has 0 radical (unpaired) electrons. The monoisotopic (exact) mass is 323 g/mol. The molecule has 2 aromatic carbocycles. The second-order valence-corrected chi connectivity index (χ2v) is 6.48. The van der Waals surface area contributed by atoms with Crippen molar-refractivity contribution < 1.29 is 9.53 Å². The van der Waals surface area contributed by atoms with Gasteiger partial charge in [-0.15, -0.1) is 0 Å². The van der Waals surface area contributed by atoms with Crippen LogP contribution in [0, 0.1) is 6.92 Å². The number of esters is 1. The summed E-state index contributed by atoms with van der Waals surface area (Å²) in [6.07, 6.45) is 3.53. The summed E-state index contributed by atoms with van der Waals surface area (Å²) in [7, 11) is 0. The van der Waals surface area contributed by atoms with E-state index in [4.69, 9.17) is 4.74 Å². The van der Waals surface area contributed by atoms with Gasteiger partial charge >= 0.3 is 5.97 Å². The van der Waals surface area contributed by atoms with Gasteiger partial charge in [0, 0.05) is 6.54 Å². The molecule has 1 heterocycles. The highest BCUT2D eigenvalue weighted by atomic mass is 16.5. The predicted molar refractivity (Wildman–Crippen MR) is 96.1 cm³/mol. The third kappa shape index (κ3) is 4.24. The van der Waals surface area contributed by atoms with Crippen LogP contribution >= 0.6 is 0 Å². The number of ether oxygens (including phenoxy) is 1. The zero-order valence-corrected chi connectivity index (χ0v) is 14.3. The van der Waals surface area contributed by atoms with E-state index < -0.39 is 0 Å². The van der Waals surface area contributed by atoms with Crippen molar-refractivity contribution in [1.29, 1.82) is 0 Å². The van der Waals surface area contributed by atoms with E-state index in [1.54, 1.807) is 0 Å². The minimum absolute atomic E-state index is 0.226. The number of piperidine rings is 1. The van der Waals surface area contributed by atoms with Gasteiger partial charge in [-0.2, -0.15) is 0 Å². The van der Waals surface area contributed by atoms with Crippen molar-refractivity contribution in [2.75, 3.05) is 19.6 Å². The van der Waals surface area contributed by atoms with Crippen molar-refractivity contribution in [3.63, 3.8) is 0 Å². The van der Waals surface area contributed by atoms with Crippen molar-refractivity contribution in [3.05, 3.63) is 71.3 Å². The molecule has 24 heavy (non-hydrogen) atoms. The van der Waals surface area contributed by atoms with Crippen molar-refractivity contribution in [3.8, 4) is 0 Å². The third-order valence-corrected chi connectivity index (χ3v) is 4.66. The van der Waals surface area contributed by atoms with Crippen LogP contribution in [0.2, 0.25) is 0 Å². The molecule has 0 bridgehead atoms. The SMILES string of the molecule is Cc1ccccc1C(=O)OC(CN1CCCCC1)c1ccccc1. The maximum absolute atomic E-state index is 12.7. The number of aryl methyl sites for hydroxylation is 1. The predicted octanol–water partition coefficient (Wildman–Crippen LogP) is 4.38. The van der Waals surface area contributed by atoms with Crippen molar-refractivity contribution in [2.45, 2.75) is 32.3 Å². The summed E-state index contributed by atoms with van der Waals surface area (Å²) >= 11 is 0. The van der Waals surface area contributed by atoms with Crippen LogP contribution in [-0.2, 0) is 4.74 Å². The normalized spacial score (nSPS) is 16.5. The molecule has 0 aromatic heterocycles. The molecule has 3 rings (SSSR count). The maximum atomic E-state index is 12.7. The first-order chi connectivity index (χ1) is 11.7. The third-order valence-electron chi connectivity index (χ3n) is 4.66. The first-order valence-electron chi connectivity index (χ1n) is 8.78. The molecular weight excluding hydrogens is 298 g/mol. The van der Waals surface area contributed by atoms with E-state index in [1.807, 2.05) is 61.5 Å². The van der Waals surface area contributed by atoms with E-state index in [2.05, 4.69) is 4.90 Å².